The maximum atomic E-state index is 16.0. The average Bonchev–Trinajstić information content (AvgIpc) is 3.86. The normalized spacial score (nSPS) is 21.1. The molecule has 3 aliphatic rings. The van der Waals surface area contributed by atoms with Gasteiger partial charge in [0.05, 0.1) is 18.4 Å². The Morgan fingerprint density at radius 1 is 1.07 bits per heavy atom. The standard InChI is InChI=1S/C31H34F6N4O4/c1-45-28(43)25-4-2-3-15-40(25)29(44)41(24-8-7-19(16-23(24)32)18-5-6-18)26(21-17-38-14-11-22(21)31(35,36)37)27(42)39-20-9-12-30(33,34)13-10-20/h7-8,11,14,16-18,20,25-26H,2-6,9-10,12-13,15H2,1H3,(H,39,42)/t25-,26?/m1/s1. The number of carbonyl (C=O) groups excluding carboxylic acids is 3. The number of alkyl halides is 5. The Bertz CT molecular complexity index is 1420. The van der Waals surface area contributed by atoms with Crippen LogP contribution in [0.2, 0.25) is 0 Å². The number of piperidine rings is 1. The number of hydrogen-bond acceptors (Lipinski definition) is 5. The van der Waals surface area contributed by atoms with Crippen molar-refractivity contribution in [3.8, 4) is 0 Å². The Balaban J connectivity index is 1.65. The van der Waals surface area contributed by atoms with Gasteiger partial charge in [-0.05, 0) is 74.6 Å². The van der Waals surface area contributed by atoms with E-state index in [1.165, 1.54) is 12.1 Å². The van der Waals surface area contributed by atoms with Crippen molar-refractivity contribution in [2.45, 2.75) is 93.9 Å². The van der Waals surface area contributed by atoms with Gasteiger partial charge in [0, 0.05) is 43.4 Å². The molecule has 3 amide bonds. The molecule has 5 rings (SSSR count). The van der Waals surface area contributed by atoms with Gasteiger partial charge in [0.1, 0.15) is 17.9 Å². The molecule has 0 radical (unpaired) electrons. The van der Waals surface area contributed by atoms with E-state index in [9.17, 15) is 36.3 Å². The lowest BCUT2D eigenvalue weighted by Gasteiger charge is -2.41. The van der Waals surface area contributed by atoms with Crippen LogP contribution in [0.4, 0.5) is 36.8 Å². The third-order valence-electron chi connectivity index (χ3n) is 8.73. The van der Waals surface area contributed by atoms with Crippen molar-refractivity contribution >= 4 is 23.6 Å². The van der Waals surface area contributed by atoms with Crippen molar-refractivity contribution in [2.24, 2.45) is 0 Å². The number of anilines is 1. The monoisotopic (exact) mass is 640 g/mol. The van der Waals surface area contributed by atoms with Crippen molar-refractivity contribution in [2.75, 3.05) is 18.6 Å². The van der Waals surface area contributed by atoms with E-state index >= 15 is 4.39 Å². The number of hydrogen-bond donors (Lipinski definition) is 1. The van der Waals surface area contributed by atoms with Gasteiger partial charge in [-0.2, -0.15) is 13.2 Å². The van der Waals surface area contributed by atoms with Crippen molar-refractivity contribution in [3.05, 3.63) is 59.2 Å². The summed E-state index contributed by atoms with van der Waals surface area (Å²) in [7, 11) is 1.13. The number of esters is 1. The molecule has 2 atom stereocenters. The lowest BCUT2D eigenvalue weighted by Crippen LogP contribution is -2.57. The first-order valence-corrected chi connectivity index (χ1v) is 15.0. The number of pyridine rings is 1. The van der Waals surface area contributed by atoms with E-state index in [1.54, 1.807) is 6.07 Å². The van der Waals surface area contributed by atoms with E-state index in [-0.39, 0.29) is 31.7 Å². The molecule has 1 aromatic heterocycles. The summed E-state index contributed by atoms with van der Waals surface area (Å²) in [5.41, 5.74) is -1.88. The minimum Gasteiger partial charge on any atom is -0.467 e. The van der Waals surface area contributed by atoms with Gasteiger partial charge in [0.15, 0.2) is 0 Å². The highest BCUT2D eigenvalue weighted by Gasteiger charge is 2.46. The molecule has 1 unspecified atom stereocenters. The number of aromatic nitrogens is 1. The summed E-state index contributed by atoms with van der Waals surface area (Å²) >= 11 is 0. The zero-order chi connectivity index (χ0) is 32.5. The summed E-state index contributed by atoms with van der Waals surface area (Å²) in [6.45, 7) is -0.0118. The maximum absolute atomic E-state index is 16.0. The quantitative estimate of drug-likeness (QED) is 0.276. The molecule has 2 saturated carbocycles. The number of benzene rings is 1. The van der Waals surface area contributed by atoms with Crippen LogP contribution in [0, 0.1) is 5.82 Å². The van der Waals surface area contributed by atoms with Gasteiger partial charge in [-0.25, -0.2) is 22.8 Å². The van der Waals surface area contributed by atoms with Gasteiger partial charge < -0.3 is 15.0 Å². The number of rotatable bonds is 7. The number of nitrogens with one attached hydrogen (secondary N) is 1. The van der Waals surface area contributed by atoms with Gasteiger partial charge in [0.2, 0.25) is 11.8 Å². The zero-order valence-corrected chi connectivity index (χ0v) is 24.6. The van der Waals surface area contributed by atoms with E-state index in [1.807, 2.05) is 0 Å². The summed E-state index contributed by atoms with van der Waals surface area (Å²) < 4.78 is 91.8. The van der Waals surface area contributed by atoms with Crippen LogP contribution in [0.5, 0.6) is 0 Å². The molecule has 1 N–H and O–H groups in total. The molecule has 1 aromatic carbocycles. The highest BCUT2D eigenvalue weighted by Crippen LogP contribution is 2.43. The summed E-state index contributed by atoms with van der Waals surface area (Å²) in [6.07, 6.45) is -1.93. The van der Waals surface area contributed by atoms with Crippen molar-refractivity contribution < 1.29 is 45.5 Å². The van der Waals surface area contributed by atoms with E-state index in [2.05, 4.69) is 10.3 Å². The fourth-order valence-electron chi connectivity index (χ4n) is 6.17. The molecule has 14 heteroatoms. The second-order valence-electron chi connectivity index (χ2n) is 11.9. The van der Waals surface area contributed by atoms with E-state index in [0.29, 0.717) is 29.4 Å². The number of urea groups is 1. The molecule has 45 heavy (non-hydrogen) atoms. The van der Waals surface area contributed by atoms with Gasteiger partial charge in [-0.3, -0.25) is 14.7 Å². The minimum atomic E-state index is -5.01. The summed E-state index contributed by atoms with van der Waals surface area (Å²) in [5.74, 6) is -5.70. The molecule has 0 spiro atoms. The molecular weight excluding hydrogens is 606 g/mol. The van der Waals surface area contributed by atoms with Crippen LogP contribution in [0.25, 0.3) is 0 Å². The first-order valence-electron chi connectivity index (χ1n) is 15.0. The van der Waals surface area contributed by atoms with Crippen LogP contribution in [0.1, 0.15) is 86.4 Å². The minimum absolute atomic E-state index is 0.0118. The van der Waals surface area contributed by atoms with Crippen LogP contribution in [0.15, 0.2) is 36.7 Å². The lowest BCUT2D eigenvalue weighted by molar-refractivity contribution is -0.146. The fraction of sp³-hybridized carbons (Fsp3) is 0.548. The Kier molecular flexibility index (Phi) is 9.31. The van der Waals surface area contributed by atoms with Crippen LogP contribution in [-0.2, 0) is 20.5 Å². The third kappa shape index (κ3) is 7.19. The first kappa shape index (κ1) is 32.6. The summed E-state index contributed by atoms with van der Waals surface area (Å²) in [5, 5.41) is 2.55. The second kappa shape index (κ2) is 12.9. The smallest absolute Gasteiger partial charge is 0.416 e. The summed E-state index contributed by atoms with van der Waals surface area (Å²) in [6, 6.07) is -0.561. The van der Waals surface area contributed by atoms with E-state index in [0.717, 1.165) is 37.2 Å². The van der Waals surface area contributed by atoms with Gasteiger partial charge in [0.25, 0.3) is 0 Å². The Morgan fingerprint density at radius 2 is 1.78 bits per heavy atom. The molecule has 1 saturated heterocycles. The maximum Gasteiger partial charge on any atom is 0.416 e. The number of methoxy groups -OCH3 is 1. The Labute approximate surface area is 256 Å². The number of nitrogens with zero attached hydrogens (tertiary/aromatic N) is 3. The molecular formula is C31H34F6N4O4. The van der Waals surface area contributed by atoms with Crippen LogP contribution in [-0.4, -0.2) is 59.5 Å². The average molecular weight is 641 g/mol. The van der Waals surface area contributed by atoms with Gasteiger partial charge >= 0.3 is 18.2 Å². The van der Waals surface area contributed by atoms with Gasteiger partial charge in [-0.15, -0.1) is 0 Å². The summed E-state index contributed by atoms with van der Waals surface area (Å²) in [4.78, 5) is 46.8. The molecule has 0 bridgehead atoms. The highest BCUT2D eigenvalue weighted by molar-refractivity contribution is 6.02. The molecule has 3 fully saturated rings. The topological polar surface area (TPSA) is 91.8 Å². The lowest BCUT2D eigenvalue weighted by atomic mass is 9.91. The van der Waals surface area contributed by atoms with Crippen molar-refractivity contribution in [1.29, 1.82) is 0 Å². The Morgan fingerprint density at radius 3 is 2.40 bits per heavy atom. The SMILES string of the molecule is COC(=O)[C@H]1CCCCN1C(=O)N(c1ccc(C2CC2)cc1F)C(C(=O)NC1CCC(F)(F)CC1)c1cnccc1C(F)(F)F. The molecule has 244 valence electrons. The zero-order valence-electron chi connectivity index (χ0n) is 24.6. The molecule has 2 aliphatic carbocycles. The third-order valence-corrected chi connectivity index (χ3v) is 8.73. The number of halogens is 6. The number of amides is 3. The Hall–Kier alpha value is -3.84. The second-order valence-corrected chi connectivity index (χ2v) is 11.9. The molecule has 8 nitrogen and oxygen atoms in total. The number of likely N-dealkylation sites (tertiary alicyclic amines) is 1. The predicted octanol–water partition coefficient (Wildman–Crippen LogP) is 6.51. The van der Waals surface area contributed by atoms with Crippen molar-refractivity contribution in [1.82, 2.24) is 15.2 Å². The number of carbonyl (C=O) groups is 3. The van der Waals surface area contributed by atoms with Crippen LogP contribution < -0.4 is 10.2 Å². The van der Waals surface area contributed by atoms with Crippen molar-refractivity contribution in [3.63, 3.8) is 0 Å². The first-order chi connectivity index (χ1) is 21.3. The van der Waals surface area contributed by atoms with E-state index < -0.39 is 83.6 Å². The largest absolute Gasteiger partial charge is 0.467 e. The van der Waals surface area contributed by atoms with Crippen LogP contribution in [0.3, 0.4) is 0 Å². The molecule has 2 aromatic rings. The molecule has 2 heterocycles. The van der Waals surface area contributed by atoms with E-state index in [4.69, 9.17) is 4.74 Å². The van der Waals surface area contributed by atoms with Gasteiger partial charge in [-0.1, -0.05) is 6.07 Å². The fourth-order valence-corrected chi connectivity index (χ4v) is 6.17. The predicted molar refractivity (Wildman–Crippen MR) is 150 cm³/mol. The number of ether oxygens (including phenoxy) is 1. The highest BCUT2D eigenvalue weighted by atomic mass is 19.4. The molecule has 1 aliphatic heterocycles. The van der Waals surface area contributed by atoms with Crippen LogP contribution >= 0.6 is 0 Å².